The van der Waals surface area contributed by atoms with Crippen molar-refractivity contribution in [3.8, 4) is 0 Å². The number of hydrogen-bond donors (Lipinski definition) is 0. The highest BCUT2D eigenvalue weighted by Crippen LogP contribution is 2.42. The first-order chi connectivity index (χ1) is 6.59. The van der Waals surface area contributed by atoms with Crippen LogP contribution in [-0.2, 0) is 0 Å². The van der Waals surface area contributed by atoms with Crippen LogP contribution in [0.5, 0.6) is 0 Å². The van der Waals surface area contributed by atoms with Gasteiger partial charge in [-0.2, -0.15) is 0 Å². The van der Waals surface area contributed by atoms with Crippen LogP contribution in [0.25, 0.3) is 0 Å². The van der Waals surface area contributed by atoms with E-state index in [1.807, 2.05) is 0 Å². The van der Waals surface area contributed by atoms with Crippen LogP contribution in [0.4, 0.5) is 0 Å². The maximum absolute atomic E-state index is 3.77. The van der Waals surface area contributed by atoms with Gasteiger partial charge in [-0.15, -0.1) is 0 Å². The molecule has 1 aliphatic rings. The lowest BCUT2D eigenvalue weighted by molar-refractivity contribution is 0.586. The molecule has 0 fully saturated rings. The van der Waals surface area contributed by atoms with Crippen molar-refractivity contribution in [3.63, 3.8) is 0 Å². The van der Waals surface area contributed by atoms with Crippen molar-refractivity contribution in [1.82, 2.24) is 0 Å². The van der Waals surface area contributed by atoms with Crippen molar-refractivity contribution in [1.29, 1.82) is 0 Å². The zero-order valence-electron chi connectivity index (χ0n) is 9.10. The summed E-state index contributed by atoms with van der Waals surface area (Å²) < 4.78 is 0. The summed E-state index contributed by atoms with van der Waals surface area (Å²) in [4.78, 5) is 0.577. The van der Waals surface area contributed by atoms with Crippen LogP contribution >= 0.6 is 15.9 Å². The first-order valence-electron chi connectivity index (χ1n) is 5.34. The molecule has 0 radical (unpaired) electrons. The molecule has 0 N–H and O–H groups in total. The molecule has 0 heterocycles. The van der Waals surface area contributed by atoms with Crippen LogP contribution < -0.4 is 0 Å². The summed E-state index contributed by atoms with van der Waals surface area (Å²) in [5.74, 6) is 0.734. The predicted octanol–water partition coefficient (Wildman–Crippen LogP) is 4.64. The van der Waals surface area contributed by atoms with E-state index >= 15 is 0 Å². The summed E-state index contributed by atoms with van der Waals surface area (Å²) in [6.45, 7) is 6.75. The zero-order valence-corrected chi connectivity index (χ0v) is 10.7. The summed E-state index contributed by atoms with van der Waals surface area (Å²) in [5, 5.41) is 0. The molecule has 1 aromatic rings. The lowest BCUT2D eigenvalue weighted by Gasteiger charge is -2.27. The van der Waals surface area contributed by atoms with Crippen molar-refractivity contribution in [2.75, 3.05) is 0 Å². The van der Waals surface area contributed by atoms with Gasteiger partial charge in [0.15, 0.2) is 0 Å². The molecule has 0 nitrogen and oxygen atoms in total. The van der Waals surface area contributed by atoms with E-state index < -0.39 is 0 Å². The third-order valence-electron chi connectivity index (χ3n) is 3.42. The van der Waals surface area contributed by atoms with E-state index in [2.05, 4.69) is 48.8 Å². The van der Waals surface area contributed by atoms with Crippen molar-refractivity contribution < 1.29 is 0 Å². The molecule has 1 aromatic carbocycles. The Morgan fingerprint density at radius 1 is 1.07 bits per heavy atom. The van der Waals surface area contributed by atoms with Gasteiger partial charge in [-0.25, -0.2) is 0 Å². The number of rotatable bonds is 0. The standard InChI is InChI=1S/C13H17Br/c1-8-4-5-13(14)12-7-10(3)9(2)6-11(8)12/h6-8,13H,4-5H2,1-3H3. The van der Waals surface area contributed by atoms with Crippen LogP contribution in [0.2, 0.25) is 0 Å². The maximum atomic E-state index is 3.77. The highest BCUT2D eigenvalue weighted by Gasteiger charge is 2.23. The third kappa shape index (κ3) is 1.63. The number of fused-ring (bicyclic) bond motifs is 1. The minimum Gasteiger partial charge on any atom is -0.0839 e. The van der Waals surface area contributed by atoms with E-state index in [-0.39, 0.29) is 0 Å². The molecule has 0 aromatic heterocycles. The van der Waals surface area contributed by atoms with E-state index in [1.54, 1.807) is 5.56 Å². The topological polar surface area (TPSA) is 0 Å². The number of benzene rings is 1. The molecule has 0 bridgehead atoms. The first-order valence-corrected chi connectivity index (χ1v) is 6.26. The van der Waals surface area contributed by atoms with Gasteiger partial charge in [0.25, 0.3) is 0 Å². The average Bonchev–Trinajstić information content (AvgIpc) is 2.15. The highest BCUT2D eigenvalue weighted by atomic mass is 79.9. The number of aryl methyl sites for hydroxylation is 2. The molecule has 2 rings (SSSR count). The van der Waals surface area contributed by atoms with Crippen molar-refractivity contribution in [2.24, 2.45) is 0 Å². The van der Waals surface area contributed by atoms with Gasteiger partial charge in [0.1, 0.15) is 0 Å². The van der Waals surface area contributed by atoms with Gasteiger partial charge in [-0.05, 0) is 54.9 Å². The van der Waals surface area contributed by atoms with E-state index in [4.69, 9.17) is 0 Å². The van der Waals surface area contributed by atoms with Crippen molar-refractivity contribution in [3.05, 3.63) is 34.4 Å². The molecule has 0 aliphatic heterocycles. The molecule has 0 amide bonds. The average molecular weight is 253 g/mol. The van der Waals surface area contributed by atoms with Crippen molar-refractivity contribution in [2.45, 2.75) is 44.4 Å². The van der Waals surface area contributed by atoms with Gasteiger partial charge < -0.3 is 0 Å². The van der Waals surface area contributed by atoms with Gasteiger partial charge in [-0.1, -0.05) is 35.0 Å². The Labute approximate surface area is 94.8 Å². The molecule has 0 spiro atoms. The second-order valence-corrected chi connectivity index (χ2v) is 5.62. The lowest BCUT2D eigenvalue weighted by atomic mass is 9.82. The largest absolute Gasteiger partial charge is 0.0839 e. The van der Waals surface area contributed by atoms with Crippen LogP contribution in [0.15, 0.2) is 12.1 Å². The quantitative estimate of drug-likeness (QED) is 0.591. The number of alkyl halides is 1. The Morgan fingerprint density at radius 3 is 2.29 bits per heavy atom. The first kappa shape index (κ1) is 10.2. The van der Waals surface area contributed by atoms with E-state index in [0.717, 1.165) is 5.92 Å². The summed E-state index contributed by atoms with van der Waals surface area (Å²) in [6.07, 6.45) is 2.59. The monoisotopic (exact) mass is 252 g/mol. The molecule has 2 unspecified atom stereocenters. The summed E-state index contributed by atoms with van der Waals surface area (Å²) in [6, 6.07) is 4.74. The van der Waals surface area contributed by atoms with E-state index in [0.29, 0.717) is 4.83 Å². The van der Waals surface area contributed by atoms with Crippen molar-refractivity contribution >= 4 is 15.9 Å². The number of hydrogen-bond acceptors (Lipinski definition) is 0. The van der Waals surface area contributed by atoms with Gasteiger partial charge in [0.05, 0.1) is 0 Å². The Morgan fingerprint density at radius 2 is 1.64 bits per heavy atom. The minimum absolute atomic E-state index is 0.577. The van der Waals surface area contributed by atoms with E-state index in [9.17, 15) is 0 Å². The molecular formula is C13H17Br. The summed E-state index contributed by atoms with van der Waals surface area (Å²) in [7, 11) is 0. The SMILES string of the molecule is Cc1cc2c(cc1C)C(Br)CCC2C. The molecule has 14 heavy (non-hydrogen) atoms. The Balaban J connectivity index is 2.56. The fourth-order valence-electron chi connectivity index (χ4n) is 2.27. The predicted molar refractivity (Wildman–Crippen MR) is 65.2 cm³/mol. The second kappa shape index (κ2) is 3.69. The third-order valence-corrected chi connectivity index (χ3v) is 4.37. The zero-order chi connectivity index (χ0) is 10.3. The smallest absolute Gasteiger partial charge is 0.0398 e. The fraction of sp³-hybridized carbons (Fsp3) is 0.538. The number of halogens is 1. The molecule has 0 saturated heterocycles. The summed E-state index contributed by atoms with van der Waals surface area (Å²) in [5.41, 5.74) is 5.92. The maximum Gasteiger partial charge on any atom is 0.0398 e. The Hall–Kier alpha value is -0.300. The fourth-order valence-corrected chi connectivity index (χ4v) is 2.93. The van der Waals surface area contributed by atoms with Gasteiger partial charge in [0.2, 0.25) is 0 Å². The van der Waals surface area contributed by atoms with E-state index in [1.165, 1.54) is 29.5 Å². The lowest BCUT2D eigenvalue weighted by Crippen LogP contribution is -2.09. The van der Waals surface area contributed by atoms with Crippen LogP contribution in [0.1, 0.15) is 52.8 Å². The molecule has 76 valence electrons. The molecule has 1 aliphatic carbocycles. The van der Waals surface area contributed by atoms with Gasteiger partial charge in [-0.3, -0.25) is 0 Å². The molecule has 2 atom stereocenters. The highest BCUT2D eigenvalue weighted by molar-refractivity contribution is 9.09. The van der Waals surface area contributed by atoms with Crippen LogP contribution in [0.3, 0.4) is 0 Å². The molecule has 0 saturated carbocycles. The van der Waals surface area contributed by atoms with Crippen LogP contribution in [0, 0.1) is 13.8 Å². The summed E-state index contributed by atoms with van der Waals surface area (Å²) >= 11 is 3.77. The Kier molecular flexibility index (Phi) is 2.70. The molecular weight excluding hydrogens is 236 g/mol. The Bertz CT molecular complexity index is 319. The molecule has 1 heteroatoms. The van der Waals surface area contributed by atoms with Gasteiger partial charge >= 0.3 is 0 Å². The minimum atomic E-state index is 0.577. The van der Waals surface area contributed by atoms with Gasteiger partial charge in [0, 0.05) is 4.83 Å². The second-order valence-electron chi connectivity index (χ2n) is 4.51. The van der Waals surface area contributed by atoms with Crippen LogP contribution in [-0.4, -0.2) is 0 Å². The normalized spacial score (nSPS) is 26.0.